The first-order valence-corrected chi connectivity index (χ1v) is 8.95. The maximum absolute atomic E-state index is 11.0. The molecule has 0 radical (unpaired) electrons. The van der Waals surface area contributed by atoms with Gasteiger partial charge < -0.3 is 10.4 Å². The Labute approximate surface area is 148 Å². The second-order valence-electron chi connectivity index (χ2n) is 6.57. The van der Waals surface area contributed by atoms with Crippen molar-refractivity contribution in [3.05, 3.63) is 59.3 Å². The first-order chi connectivity index (χ1) is 12.2. The highest BCUT2D eigenvalue weighted by molar-refractivity contribution is 5.85. The molecule has 5 heteroatoms. The smallest absolute Gasteiger partial charge is 0.354 e. The Balaban J connectivity index is 1.53. The molecule has 1 aromatic heterocycles. The summed E-state index contributed by atoms with van der Waals surface area (Å²) in [6.07, 6.45) is 5.34. The minimum atomic E-state index is -1.01. The molecule has 132 valence electrons. The van der Waals surface area contributed by atoms with Crippen LogP contribution in [0.2, 0.25) is 0 Å². The van der Waals surface area contributed by atoms with Crippen molar-refractivity contribution in [2.45, 2.75) is 38.8 Å². The van der Waals surface area contributed by atoms with E-state index in [4.69, 9.17) is 5.11 Å². The van der Waals surface area contributed by atoms with E-state index in [9.17, 15) is 4.79 Å². The molecule has 2 aromatic rings. The first kappa shape index (κ1) is 17.4. The van der Waals surface area contributed by atoms with Gasteiger partial charge in [0.2, 0.25) is 0 Å². The van der Waals surface area contributed by atoms with Crippen LogP contribution in [0.15, 0.2) is 42.5 Å². The Morgan fingerprint density at radius 1 is 1.00 bits per heavy atom. The molecule has 0 bridgehead atoms. The number of hydrogen-bond donors (Lipinski definition) is 2. The maximum atomic E-state index is 11.0. The van der Waals surface area contributed by atoms with Gasteiger partial charge in [-0.15, -0.1) is 0 Å². The average molecular weight is 339 g/mol. The average Bonchev–Trinajstić information content (AvgIpc) is 2.90. The SMILES string of the molecule is O=C(O)c1cccc(NCc2ccc(CN3CCCCCC3)cc2)n1. The fourth-order valence-electron chi connectivity index (χ4n) is 3.16. The van der Waals surface area contributed by atoms with Crippen molar-refractivity contribution in [3.8, 4) is 0 Å². The monoisotopic (exact) mass is 339 g/mol. The van der Waals surface area contributed by atoms with E-state index >= 15 is 0 Å². The van der Waals surface area contributed by atoms with Gasteiger partial charge in [0.25, 0.3) is 0 Å². The summed E-state index contributed by atoms with van der Waals surface area (Å²) in [7, 11) is 0. The summed E-state index contributed by atoms with van der Waals surface area (Å²) in [6.45, 7) is 4.06. The van der Waals surface area contributed by atoms with Crippen LogP contribution < -0.4 is 5.32 Å². The van der Waals surface area contributed by atoms with Crippen LogP contribution in [0.25, 0.3) is 0 Å². The molecule has 3 rings (SSSR count). The molecule has 5 nitrogen and oxygen atoms in total. The predicted molar refractivity (Wildman–Crippen MR) is 98.7 cm³/mol. The number of carbonyl (C=O) groups is 1. The van der Waals surface area contributed by atoms with E-state index in [1.54, 1.807) is 12.1 Å². The number of rotatable bonds is 6. The lowest BCUT2D eigenvalue weighted by molar-refractivity contribution is 0.0690. The third-order valence-electron chi connectivity index (χ3n) is 4.57. The molecule has 0 aliphatic carbocycles. The van der Waals surface area contributed by atoms with Crippen molar-refractivity contribution in [1.29, 1.82) is 0 Å². The van der Waals surface area contributed by atoms with Gasteiger partial charge in [0, 0.05) is 13.1 Å². The Morgan fingerprint density at radius 3 is 2.36 bits per heavy atom. The summed E-state index contributed by atoms with van der Waals surface area (Å²) in [5.41, 5.74) is 2.55. The highest BCUT2D eigenvalue weighted by Crippen LogP contribution is 2.14. The van der Waals surface area contributed by atoms with E-state index in [0.717, 1.165) is 12.1 Å². The second kappa shape index (κ2) is 8.62. The van der Waals surface area contributed by atoms with Gasteiger partial charge in [-0.2, -0.15) is 0 Å². The molecule has 0 atom stereocenters. The molecular formula is C20H25N3O2. The van der Waals surface area contributed by atoms with E-state index in [-0.39, 0.29) is 5.69 Å². The number of anilines is 1. The summed E-state index contributed by atoms with van der Waals surface area (Å²) in [4.78, 5) is 17.6. The van der Waals surface area contributed by atoms with Crippen molar-refractivity contribution in [3.63, 3.8) is 0 Å². The van der Waals surface area contributed by atoms with Gasteiger partial charge in [-0.05, 0) is 49.2 Å². The fraction of sp³-hybridized carbons (Fsp3) is 0.400. The number of likely N-dealkylation sites (tertiary alicyclic amines) is 1. The van der Waals surface area contributed by atoms with Gasteiger partial charge in [-0.25, -0.2) is 9.78 Å². The molecule has 1 aromatic carbocycles. The highest BCUT2D eigenvalue weighted by Gasteiger charge is 2.09. The Hall–Kier alpha value is -2.40. The number of benzene rings is 1. The van der Waals surface area contributed by atoms with E-state index in [1.807, 2.05) is 0 Å². The zero-order valence-corrected chi connectivity index (χ0v) is 14.4. The molecular weight excluding hydrogens is 314 g/mol. The van der Waals surface area contributed by atoms with E-state index in [0.29, 0.717) is 12.4 Å². The van der Waals surface area contributed by atoms with Crippen molar-refractivity contribution < 1.29 is 9.90 Å². The molecule has 0 saturated carbocycles. The largest absolute Gasteiger partial charge is 0.477 e. The van der Waals surface area contributed by atoms with E-state index in [1.165, 1.54) is 50.4 Å². The lowest BCUT2D eigenvalue weighted by Crippen LogP contribution is -2.23. The van der Waals surface area contributed by atoms with Crippen molar-refractivity contribution in [2.24, 2.45) is 0 Å². The van der Waals surface area contributed by atoms with Crippen molar-refractivity contribution in [1.82, 2.24) is 9.88 Å². The van der Waals surface area contributed by atoms with Crippen LogP contribution in [0.4, 0.5) is 5.82 Å². The van der Waals surface area contributed by atoms with Crippen LogP contribution in [0.3, 0.4) is 0 Å². The number of carboxylic acid groups (broad SMARTS) is 1. The molecule has 1 saturated heterocycles. The van der Waals surface area contributed by atoms with Crippen LogP contribution in [0, 0.1) is 0 Å². The molecule has 0 unspecified atom stereocenters. The van der Waals surface area contributed by atoms with Gasteiger partial charge in [0.15, 0.2) is 5.69 Å². The van der Waals surface area contributed by atoms with Gasteiger partial charge in [-0.1, -0.05) is 43.2 Å². The zero-order valence-electron chi connectivity index (χ0n) is 14.4. The Bertz CT molecular complexity index is 692. The quantitative estimate of drug-likeness (QED) is 0.839. The minimum absolute atomic E-state index is 0.0535. The topological polar surface area (TPSA) is 65.5 Å². The zero-order chi connectivity index (χ0) is 17.5. The molecule has 1 aliphatic heterocycles. The van der Waals surface area contributed by atoms with Crippen molar-refractivity contribution in [2.75, 3.05) is 18.4 Å². The highest BCUT2D eigenvalue weighted by atomic mass is 16.4. The second-order valence-corrected chi connectivity index (χ2v) is 6.57. The standard InChI is InChI=1S/C20H25N3O2/c24-20(25)18-6-5-7-19(22-18)21-14-16-8-10-17(11-9-16)15-23-12-3-1-2-4-13-23/h5-11H,1-4,12-15H2,(H,21,22)(H,24,25). The maximum Gasteiger partial charge on any atom is 0.354 e. The van der Waals surface area contributed by atoms with Crippen LogP contribution in [0.5, 0.6) is 0 Å². The van der Waals surface area contributed by atoms with Crippen molar-refractivity contribution >= 4 is 11.8 Å². The van der Waals surface area contributed by atoms with Gasteiger partial charge in [0.05, 0.1) is 0 Å². The number of pyridine rings is 1. The molecule has 1 aliphatic rings. The van der Waals surface area contributed by atoms with Crippen LogP contribution in [-0.4, -0.2) is 34.0 Å². The fourth-order valence-corrected chi connectivity index (χ4v) is 3.16. The Kier molecular flexibility index (Phi) is 6.01. The molecule has 1 fully saturated rings. The summed E-state index contributed by atoms with van der Waals surface area (Å²) in [5, 5.41) is 12.2. The van der Waals surface area contributed by atoms with Gasteiger partial charge >= 0.3 is 5.97 Å². The van der Waals surface area contributed by atoms with Crippen LogP contribution >= 0.6 is 0 Å². The predicted octanol–water partition coefficient (Wildman–Crippen LogP) is 3.77. The van der Waals surface area contributed by atoms with Gasteiger partial charge in [-0.3, -0.25) is 4.90 Å². The summed E-state index contributed by atoms with van der Waals surface area (Å²) in [5.74, 6) is -0.435. The molecule has 2 N–H and O–H groups in total. The number of aromatic carboxylic acids is 1. The molecule has 0 spiro atoms. The lowest BCUT2D eigenvalue weighted by atomic mass is 10.1. The third kappa shape index (κ3) is 5.29. The summed E-state index contributed by atoms with van der Waals surface area (Å²) in [6, 6.07) is 13.6. The lowest BCUT2D eigenvalue weighted by Gasteiger charge is -2.19. The number of nitrogens with one attached hydrogen (secondary N) is 1. The molecule has 25 heavy (non-hydrogen) atoms. The van der Waals surface area contributed by atoms with Crippen LogP contribution in [0.1, 0.15) is 47.3 Å². The van der Waals surface area contributed by atoms with E-state index < -0.39 is 5.97 Å². The third-order valence-corrected chi connectivity index (χ3v) is 4.57. The molecule has 2 heterocycles. The summed E-state index contributed by atoms with van der Waals surface area (Å²) < 4.78 is 0. The van der Waals surface area contributed by atoms with E-state index in [2.05, 4.69) is 39.5 Å². The summed E-state index contributed by atoms with van der Waals surface area (Å²) >= 11 is 0. The normalized spacial score (nSPS) is 15.5. The molecule has 0 amide bonds. The number of nitrogens with zero attached hydrogens (tertiary/aromatic N) is 2. The number of aromatic nitrogens is 1. The Morgan fingerprint density at radius 2 is 1.68 bits per heavy atom. The first-order valence-electron chi connectivity index (χ1n) is 8.95. The minimum Gasteiger partial charge on any atom is -0.477 e. The number of carboxylic acids is 1. The number of hydrogen-bond acceptors (Lipinski definition) is 4. The van der Waals surface area contributed by atoms with Gasteiger partial charge in [0.1, 0.15) is 5.82 Å². The van der Waals surface area contributed by atoms with Crippen LogP contribution in [-0.2, 0) is 13.1 Å².